The van der Waals surface area contributed by atoms with Crippen LogP contribution in [0.1, 0.15) is 39.3 Å². The predicted molar refractivity (Wildman–Crippen MR) is 92.0 cm³/mol. The molecule has 128 valence electrons. The van der Waals surface area contributed by atoms with Gasteiger partial charge in [0.05, 0.1) is 0 Å². The number of aliphatic carboxylic acids is 1. The minimum atomic E-state index is -0.820. The van der Waals surface area contributed by atoms with E-state index in [-0.39, 0.29) is 17.5 Å². The van der Waals surface area contributed by atoms with Crippen LogP contribution in [0.15, 0.2) is 29.2 Å². The van der Waals surface area contributed by atoms with Gasteiger partial charge in [-0.2, -0.15) is 0 Å². The highest BCUT2D eigenvalue weighted by Gasteiger charge is 2.19. The van der Waals surface area contributed by atoms with E-state index in [0.29, 0.717) is 24.5 Å². The number of carboxylic acids is 1. The molecule has 0 spiro atoms. The molecule has 2 rings (SSSR count). The van der Waals surface area contributed by atoms with E-state index < -0.39 is 5.97 Å². The Hall–Kier alpha value is -2.70. The van der Waals surface area contributed by atoms with Gasteiger partial charge in [0.25, 0.3) is 5.56 Å². The topological polar surface area (TPSA) is 108 Å². The monoisotopic (exact) mass is 330 g/mol. The Balaban J connectivity index is 2.14. The Kier molecular flexibility index (Phi) is 5.33. The van der Waals surface area contributed by atoms with Gasteiger partial charge in [0.15, 0.2) is 0 Å². The van der Waals surface area contributed by atoms with Crippen molar-refractivity contribution < 1.29 is 9.90 Å². The van der Waals surface area contributed by atoms with Crippen LogP contribution in [0.4, 0.5) is 5.82 Å². The lowest BCUT2D eigenvalue weighted by Gasteiger charge is -2.26. The average Bonchev–Trinajstić information content (AvgIpc) is 2.53. The first-order chi connectivity index (χ1) is 11.3. The van der Waals surface area contributed by atoms with Crippen molar-refractivity contribution in [1.29, 1.82) is 0 Å². The number of aromatic nitrogens is 3. The van der Waals surface area contributed by atoms with E-state index in [1.165, 1.54) is 6.07 Å². The number of pyridine rings is 1. The molecular weight excluding hydrogens is 308 g/mol. The maximum Gasteiger partial charge on any atom is 0.303 e. The number of hydrogen-bond acceptors (Lipinski definition) is 5. The number of anilines is 1. The normalized spacial score (nSPS) is 11.3. The third-order valence-corrected chi connectivity index (χ3v) is 3.62. The van der Waals surface area contributed by atoms with Crippen LogP contribution in [0.3, 0.4) is 0 Å². The summed E-state index contributed by atoms with van der Waals surface area (Å²) in [6.45, 7) is 5.79. The van der Waals surface area contributed by atoms with Gasteiger partial charge in [0.1, 0.15) is 11.6 Å². The molecule has 3 N–H and O–H groups in total. The third-order valence-electron chi connectivity index (χ3n) is 3.62. The van der Waals surface area contributed by atoms with E-state index in [4.69, 9.17) is 5.11 Å². The van der Waals surface area contributed by atoms with E-state index in [2.05, 4.69) is 20.3 Å². The summed E-state index contributed by atoms with van der Waals surface area (Å²) in [6.07, 6.45) is 2.89. The molecule has 0 aliphatic carbocycles. The van der Waals surface area contributed by atoms with Gasteiger partial charge < -0.3 is 15.4 Å². The Morgan fingerprint density at radius 2 is 2.12 bits per heavy atom. The number of aromatic amines is 1. The highest BCUT2D eigenvalue weighted by atomic mass is 16.4. The van der Waals surface area contributed by atoms with Crippen LogP contribution >= 0.6 is 0 Å². The zero-order valence-electron chi connectivity index (χ0n) is 14.1. The maximum absolute atomic E-state index is 11.6. The molecule has 0 saturated heterocycles. The summed E-state index contributed by atoms with van der Waals surface area (Å²) < 4.78 is 0. The zero-order chi connectivity index (χ0) is 17.7. The molecule has 7 nitrogen and oxygen atoms in total. The van der Waals surface area contributed by atoms with Crippen molar-refractivity contribution in [2.45, 2.75) is 45.6 Å². The summed E-state index contributed by atoms with van der Waals surface area (Å²) in [7, 11) is 0. The molecule has 0 atom stereocenters. The number of aryl methyl sites for hydroxylation is 1. The van der Waals surface area contributed by atoms with Crippen molar-refractivity contribution in [2.24, 2.45) is 0 Å². The molecule has 0 aliphatic heterocycles. The fourth-order valence-electron chi connectivity index (χ4n) is 2.26. The number of nitrogens with zero attached hydrogens (tertiary/aromatic N) is 2. The fourth-order valence-corrected chi connectivity index (χ4v) is 2.26. The molecule has 0 radical (unpaired) electrons. The van der Waals surface area contributed by atoms with Gasteiger partial charge in [-0.25, -0.2) is 9.97 Å². The Morgan fingerprint density at radius 3 is 2.71 bits per heavy atom. The summed E-state index contributed by atoms with van der Waals surface area (Å²) in [5, 5.41) is 12.0. The van der Waals surface area contributed by atoms with Crippen molar-refractivity contribution >= 4 is 11.8 Å². The second kappa shape index (κ2) is 7.25. The van der Waals surface area contributed by atoms with Gasteiger partial charge in [0.2, 0.25) is 0 Å². The van der Waals surface area contributed by atoms with Gasteiger partial charge in [-0.05, 0) is 38.8 Å². The van der Waals surface area contributed by atoms with E-state index >= 15 is 0 Å². The van der Waals surface area contributed by atoms with Crippen molar-refractivity contribution in [3.05, 3.63) is 40.4 Å². The minimum Gasteiger partial charge on any atom is -0.481 e. The molecule has 0 aromatic carbocycles. The SMILES string of the molecule is CCc1cc(=O)[nH]c(-c2ccc(NC(C)(C)CCC(=O)O)nc2)n1. The molecule has 24 heavy (non-hydrogen) atoms. The van der Waals surface area contributed by atoms with Crippen molar-refractivity contribution in [3.63, 3.8) is 0 Å². The van der Waals surface area contributed by atoms with Crippen LogP contribution in [-0.4, -0.2) is 31.6 Å². The van der Waals surface area contributed by atoms with E-state index in [9.17, 15) is 9.59 Å². The van der Waals surface area contributed by atoms with Crippen LogP contribution < -0.4 is 10.9 Å². The van der Waals surface area contributed by atoms with Crippen LogP contribution in [-0.2, 0) is 11.2 Å². The number of rotatable bonds is 7. The first-order valence-electron chi connectivity index (χ1n) is 7.86. The van der Waals surface area contributed by atoms with E-state index in [1.54, 1.807) is 12.3 Å². The van der Waals surface area contributed by atoms with Crippen LogP contribution in [0.5, 0.6) is 0 Å². The number of nitrogens with one attached hydrogen (secondary N) is 2. The van der Waals surface area contributed by atoms with Crippen molar-refractivity contribution in [1.82, 2.24) is 15.0 Å². The number of carbonyl (C=O) groups is 1. The predicted octanol–water partition coefficient (Wildman–Crippen LogP) is 2.45. The first kappa shape index (κ1) is 17.7. The lowest BCUT2D eigenvalue weighted by molar-refractivity contribution is -0.137. The summed E-state index contributed by atoms with van der Waals surface area (Å²) in [5.41, 5.74) is 0.873. The highest BCUT2D eigenvalue weighted by molar-refractivity contribution is 5.67. The van der Waals surface area contributed by atoms with Crippen molar-refractivity contribution in [3.8, 4) is 11.4 Å². The summed E-state index contributed by atoms with van der Waals surface area (Å²) in [4.78, 5) is 33.8. The third kappa shape index (κ3) is 4.91. The maximum atomic E-state index is 11.6. The van der Waals surface area contributed by atoms with Crippen LogP contribution in [0.25, 0.3) is 11.4 Å². The van der Waals surface area contributed by atoms with Crippen LogP contribution in [0, 0.1) is 0 Å². The Morgan fingerprint density at radius 1 is 1.38 bits per heavy atom. The van der Waals surface area contributed by atoms with Gasteiger partial charge in [-0.1, -0.05) is 6.92 Å². The van der Waals surface area contributed by atoms with E-state index in [0.717, 1.165) is 11.3 Å². The summed E-state index contributed by atoms with van der Waals surface area (Å²) >= 11 is 0. The minimum absolute atomic E-state index is 0.0903. The zero-order valence-corrected chi connectivity index (χ0v) is 14.1. The fraction of sp³-hybridized carbons (Fsp3) is 0.412. The van der Waals surface area contributed by atoms with Crippen LogP contribution in [0.2, 0.25) is 0 Å². The second-order valence-electron chi connectivity index (χ2n) is 6.27. The molecule has 0 bridgehead atoms. The number of carboxylic acid groups (broad SMARTS) is 1. The molecule has 7 heteroatoms. The quantitative estimate of drug-likeness (QED) is 0.719. The number of H-pyrrole nitrogens is 1. The molecule has 0 fully saturated rings. The molecule has 0 unspecified atom stereocenters. The molecule has 0 aliphatic rings. The molecule has 0 saturated carbocycles. The van der Waals surface area contributed by atoms with Crippen molar-refractivity contribution in [2.75, 3.05) is 5.32 Å². The highest BCUT2D eigenvalue weighted by Crippen LogP contribution is 2.20. The second-order valence-corrected chi connectivity index (χ2v) is 6.27. The number of hydrogen-bond donors (Lipinski definition) is 3. The molecule has 2 aromatic rings. The van der Waals surface area contributed by atoms with E-state index in [1.807, 2.05) is 26.8 Å². The Labute approximate surface area is 140 Å². The smallest absolute Gasteiger partial charge is 0.303 e. The average molecular weight is 330 g/mol. The van der Waals surface area contributed by atoms with Gasteiger partial charge in [0, 0.05) is 35.5 Å². The van der Waals surface area contributed by atoms with Gasteiger partial charge in [-0.15, -0.1) is 0 Å². The lowest BCUT2D eigenvalue weighted by atomic mass is 9.98. The molecule has 0 amide bonds. The summed E-state index contributed by atoms with van der Waals surface area (Å²) in [5.74, 6) is 0.311. The molecule has 2 aromatic heterocycles. The standard InChI is InChI=1S/C17H22N4O3/c1-4-12-9-14(22)20-16(19-12)11-5-6-13(18-10-11)21-17(2,3)8-7-15(23)24/h5-6,9-10H,4,7-8H2,1-3H3,(H,18,21)(H,23,24)(H,19,20,22). The van der Waals surface area contributed by atoms with Gasteiger partial charge >= 0.3 is 5.97 Å². The molecular formula is C17H22N4O3. The Bertz CT molecular complexity index is 766. The molecule has 2 heterocycles. The largest absolute Gasteiger partial charge is 0.481 e. The lowest BCUT2D eigenvalue weighted by Crippen LogP contribution is -2.31. The first-order valence-corrected chi connectivity index (χ1v) is 7.86. The summed E-state index contributed by atoms with van der Waals surface area (Å²) in [6, 6.07) is 5.09. The van der Waals surface area contributed by atoms with Gasteiger partial charge in [-0.3, -0.25) is 9.59 Å².